The summed E-state index contributed by atoms with van der Waals surface area (Å²) in [6.45, 7) is 4.53. The van der Waals surface area contributed by atoms with E-state index in [0.29, 0.717) is 30.0 Å². The van der Waals surface area contributed by atoms with Gasteiger partial charge in [-0.3, -0.25) is 19.4 Å². The predicted octanol–water partition coefficient (Wildman–Crippen LogP) is 1.37. The lowest BCUT2D eigenvalue weighted by molar-refractivity contribution is 0.0955. The molecule has 0 bridgehead atoms. The van der Waals surface area contributed by atoms with Crippen molar-refractivity contribution in [3.8, 4) is 11.3 Å². The molecule has 0 fully saturated rings. The minimum atomic E-state index is -0.392. The maximum Gasteiger partial charge on any atom is 0.273 e. The SMILES string of the molecule is Cc1nn(C)c(C)c1-c1cc(C(=O)Nc2ccccc2C(=O)NCCN)[nH]n1. The molecule has 0 saturated carbocycles. The Morgan fingerprint density at radius 1 is 1.21 bits per heavy atom. The molecule has 0 saturated heterocycles. The van der Waals surface area contributed by atoms with E-state index < -0.39 is 5.91 Å². The highest BCUT2D eigenvalue weighted by atomic mass is 16.2. The van der Waals surface area contributed by atoms with Crippen molar-refractivity contribution >= 4 is 17.5 Å². The molecular weight excluding hydrogens is 358 g/mol. The van der Waals surface area contributed by atoms with Crippen molar-refractivity contribution < 1.29 is 9.59 Å². The Kier molecular flexibility index (Phi) is 5.55. The number of hydrogen-bond acceptors (Lipinski definition) is 5. The normalized spacial score (nSPS) is 10.7. The van der Waals surface area contributed by atoms with E-state index >= 15 is 0 Å². The second kappa shape index (κ2) is 8.05. The van der Waals surface area contributed by atoms with Crippen molar-refractivity contribution in [2.75, 3.05) is 18.4 Å². The van der Waals surface area contributed by atoms with E-state index in [2.05, 4.69) is 25.9 Å². The van der Waals surface area contributed by atoms with Gasteiger partial charge in [-0.05, 0) is 32.0 Å². The molecule has 28 heavy (non-hydrogen) atoms. The summed E-state index contributed by atoms with van der Waals surface area (Å²) in [5.41, 5.74) is 9.80. The third kappa shape index (κ3) is 3.79. The number of carbonyl (C=O) groups is 2. The monoisotopic (exact) mass is 381 g/mol. The Bertz CT molecular complexity index is 1020. The summed E-state index contributed by atoms with van der Waals surface area (Å²) < 4.78 is 1.77. The highest BCUT2D eigenvalue weighted by Gasteiger charge is 2.18. The van der Waals surface area contributed by atoms with Gasteiger partial charge in [0, 0.05) is 31.4 Å². The van der Waals surface area contributed by atoms with Crippen LogP contribution in [0.25, 0.3) is 11.3 Å². The molecule has 2 aromatic heterocycles. The van der Waals surface area contributed by atoms with Crippen LogP contribution in [0.2, 0.25) is 0 Å². The van der Waals surface area contributed by atoms with E-state index in [1.54, 1.807) is 35.0 Å². The summed E-state index contributed by atoms with van der Waals surface area (Å²) in [7, 11) is 1.86. The van der Waals surface area contributed by atoms with Crippen LogP contribution in [-0.4, -0.2) is 44.9 Å². The first kappa shape index (κ1) is 19.3. The van der Waals surface area contributed by atoms with Gasteiger partial charge in [-0.1, -0.05) is 12.1 Å². The molecule has 0 atom stereocenters. The van der Waals surface area contributed by atoms with Gasteiger partial charge in [0.2, 0.25) is 0 Å². The lowest BCUT2D eigenvalue weighted by Gasteiger charge is -2.10. The maximum atomic E-state index is 12.7. The fraction of sp³-hybridized carbons (Fsp3) is 0.263. The zero-order chi connectivity index (χ0) is 20.3. The second-order valence-corrected chi connectivity index (χ2v) is 6.38. The number of para-hydroxylation sites is 1. The van der Waals surface area contributed by atoms with Crippen molar-refractivity contribution in [1.82, 2.24) is 25.3 Å². The lowest BCUT2D eigenvalue weighted by atomic mass is 10.1. The van der Waals surface area contributed by atoms with Crippen LogP contribution in [0, 0.1) is 13.8 Å². The number of aromatic amines is 1. The average molecular weight is 381 g/mol. The van der Waals surface area contributed by atoms with E-state index in [1.807, 2.05) is 20.9 Å². The Balaban J connectivity index is 1.82. The fourth-order valence-corrected chi connectivity index (χ4v) is 2.97. The fourth-order valence-electron chi connectivity index (χ4n) is 2.97. The molecular formula is C19H23N7O2. The number of hydrogen-bond donors (Lipinski definition) is 4. The molecule has 0 radical (unpaired) electrons. The number of nitrogens with two attached hydrogens (primary N) is 1. The number of H-pyrrole nitrogens is 1. The van der Waals surface area contributed by atoms with Crippen LogP contribution < -0.4 is 16.4 Å². The molecule has 5 N–H and O–H groups in total. The van der Waals surface area contributed by atoms with Crippen molar-refractivity contribution in [2.45, 2.75) is 13.8 Å². The minimum absolute atomic E-state index is 0.287. The van der Waals surface area contributed by atoms with Crippen LogP contribution >= 0.6 is 0 Å². The van der Waals surface area contributed by atoms with Gasteiger partial charge in [0.1, 0.15) is 5.69 Å². The minimum Gasteiger partial charge on any atom is -0.351 e. The molecule has 2 heterocycles. The summed E-state index contributed by atoms with van der Waals surface area (Å²) in [5, 5.41) is 16.8. The van der Waals surface area contributed by atoms with Gasteiger partial charge in [0.05, 0.1) is 22.6 Å². The van der Waals surface area contributed by atoms with Crippen molar-refractivity contribution in [3.63, 3.8) is 0 Å². The van der Waals surface area contributed by atoms with E-state index in [4.69, 9.17) is 5.73 Å². The molecule has 0 aliphatic heterocycles. The number of benzene rings is 1. The Labute approximate surface area is 162 Å². The maximum absolute atomic E-state index is 12.7. The Hall–Kier alpha value is -3.46. The summed E-state index contributed by atoms with van der Waals surface area (Å²) >= 11 is 0. The predicted molar refractivity (Wildman–Crippen MR) is 106 cm³/mol. The first-order valence-electron chi connectivity index (χ1n) is 8.87. The molecule has 3 rings (SSSR count). The molecule has 2 amide bonds. The number of aryl methyl sites for hydroxylation is 2. The van der Waals surface area contributed by atoms with E-state index in [1.165, 1.54) is 0 Å². The highest BCUT2D eigenvalue weighted by Crippen LogP contribution is 2.25. The number of nitrogens with one attached hydrogen (secondary N) is 3. The quantitative estimate of drug-likeness (QED) is 0.512. The molecule has 1 aromatic carbocycles. The lowest BCUT2D eigenvalue weighted by Crippen LogP contribution is -2.30. The number of anilines is 1. The molecule has 9 nitrogen and oxygen atoms in total. The third-order valence-electron chi connectivity index (χ3n) is 4.44. The first-order chi connectivity index (χ1) is 13.4. The zero-order valence-electron chi connectivity index (χ0n) is 16.0. The van der Waals surface area contributed by atoms with Gasteiger partial charge >= 0.3 is 0 Å². The largest absolute Gasteiger partial charge is 0.351 e. The summed E-state index contributed by atoms with van der Waals surface area (Å²) in [6.07, 6.45) is 0. The van der Waals surface area contributed by atoms with Crippen LogP contribution in [0.1, 0.15) is 32.2 Å². The molecule has 0 aliphatic rings. The standard InChI is InChI=1S/C19H23N7O2/c1-11-17(12(2)26(3)25-11)15-10-16(24-23-15)19(28)22-14-7-5-4-6-13(14)18(27)21-9-8-20/h4-7,10H,8-9,20H2,1-3H3,(H,21,27)(H,22,28)(H,23,24). The average Bonchev–Trinajstić information content (AvgIpc) is 3.25. The van der Waals surface area contributed by atoms with Crippen LogP contribution in [0.3, 0.4) is 0 Å². The van der Waals surface area contributed by atoms with E-state index in [9.17, 15) is 9.59 Å². The van der Waals surface area contributed by atoms with Gasteiger partial charge in [-0.2, -0.15) is 10.2 Å². The Morgan fingerprint density at radius 3 is 2.64 bits per heavy atom. The highest BCUT2D eigenvalue weighted by molar-refractivity contribution is 6.08. The summed E-state index contributed by atoms with van der Waals surface area (Å²) in [6, 6.07) is 8.46. The number of aromatic nitrogens is 4. The first-order valence-corrected chi connectivity index (χ1v) is 8.87. The second-order valence-electron chi connectivity index (χ2n) is 6.38. The van der Waals surface area contributed by atoms with Crippen LogP contribution in [0.15, 0.2) is 30.3 Å². The smallest absolute Gasteiger partial charge is 0.273 e. The molecule has 0 spiro atoms. The summed E-state index contributed by atoms with van der Waals surface area (Å²) in [4.78, 5) is 24.9. The molecule has 146 valence electrons. The van der Waals surface area contributed by atoms with Crippen LogP contribution in [0.5, 0.6) is 0 Å². The van der Waals surface area contributed by atoms with E-state index in [-0.39, 0.29) is 11.6 Å². The number of nitrogens with zero attached hydrogens (tertiary/aromatic N) is 3. The molecule has 0 aliphatic carbocycles. The van der Waals surface area contributed by atoms with E-state index in [0.717, 1.165) is 17.0 Å². The van der Waals surface area contributed by atoms with Crippen molar-refractivity contribution in [3.05, 3.63) is 53.0 Å². The zero-order valence-corrected chi connectivity index (χ0v) is 16.0. The number of carbonyl (C=O) groups excluding carboxylic acids is 2. The van der Waals surface area contributed by atoms with Gasteiger partial charge in [-0.15, -0.1) is 0 Å². The van der Waals surface area contributed by atoms with Crippen molar-refractivity contribution in [1.29, 1.82) is 0 Å². The Morgan fingerprint density at radius 2 is 1.96 bits per heavy atom. The van der Waals surface area contributed by atoms with Crippen molar-refractivity contribution in [2.24, 2.45) is 12.8 Å². The third-order valence-corrected chi connectivity index (χ3v) is 4.44. The molecule has 9 heteroatoms. The van der Waals surface area contributed by atoms with Crippen LogP contribution in [0.4, 0.5) is 5.69 Å². The number of rotatable bonds is 6. The number of amides is 2. The molecule has 0 unspecified atom stereocenters. The molecule has 3 aromatic rings. The topological polar surface area (TPSA) is 131 Å². The van der Waals surface area contributed by atoms with Gasteiger partial charge in [0.25, 0.3) is 11.8 Å². The van der Waals surface area contributed by atoms with Gasteiger partial charge in [0.15, 0.2) is 0 Å². The van der Waals surface area contributed by atoms with Gasteiger partial charge in [-0.25, -0.2) is 0 Å². The van der Waals surface area contributed by atoms with Crippen LogP contribution in [-0.2, 0) is 7.05 Å². The summed E-state index contributed by atoms with van der Waals surface area (Å²) in [5.74, 6) is -0.690. The van der Waals surface area contributed by atoms with Gasteiger partial charge < -0.3 is 16.4 Å².